The molecule has 1 aromatic rings. The Bertz CT molecular complexity index is 416. The molecule has 0 bridgehead atoms. The van der Waals surface area contributed by atoms with Gasteiger partial charge in [0, 0.05) is 31.9 Å². The van der Waals surface area contributed by atoms with Crippen LogP contribution in [-0.2, 0) is 0 Å². The van der Waals surface area contributed by atoms with Gasteiger partial charge >= 0.3 is 0 Å². The summed E-state index contributed by atoms with van der Waals surface area (Å²) in [5, 5.41) is 3.30. The zero-order chi connectivity index (χ0) is 11.8. The van der Waals surface area contributed by atoms with Gasteiger partial charge in [-0.3, -0.25) is 4.79 Å². The highest BCUT2D eigenvalue weighted by Gasteiger charge is 2.30. The predicted octanol–water partition coefficient (Wildman–Crippen LogP) is 1.26. The third-order valence-corrected chi connectivity index (χ3v) is 3.84. The average Bonchev–Trinajstić information content (AvgIpc) is 2.86. The van der Waals surface area contributed by atoms with Crippen LogP contribution in [0.15, 0.2) is 18.3 Å². The molecule has 1 unspecified atom stereocenters. The van der Waals surface area contributed by atoms with Crippen LogP contribution in [0.5, 0.6) is 0 Å². The molecule has 0 spiro atoms. The van der Waals surface area contributed by atoms with E-state index in [1.165, 1.54) is 12.8 Å². The molecule has 1 amide bonds. The Morgan fingerprint density at radius 1 is 1.47 bits per heavy atom. The second-order valence-corrected chi connectivity index (χ2v) is 5.09. The highest BCUT2D eigenvalue weighted by molar-refractivity contribution is 5.93. The molecule has 4 nitrogen and oxygen atoms in total. The summed E-state index contributed by atoms with van der Waals surface area (Å²) in [4.78, 5) is 14.3. The van der Waals surface area contributed by atoms with E-state index in [1.54, 1.807) is 0 Å². The standard InChI is InChI=1S/C13H19N3O/c1-15(11-6-7-14-9-11)13(17)12-3-2-8-16(12)10-4-5-10/h2-3,8,10-11,14H,4-7,9H2,1H3. The van der Waals surface area contributed by atoms with Crippen molar-refractivity contribution in [1.82, 2.24) is 14.8 Å². The summed E-state index contributed by atoms with van der Waals surface area (Å²) in [6, 6.07) is 4.84. The summed E-state index contributed by atoms with van der Waals surface area (Å²) in [6.45, 7) is 1.94. The lowest BCUT2D eigenvalue weighted by Crippen LogP contribution is -2.39. The summed E-state index contributed by atoms with van der Waals surface area (Å²) in [6.07, 6.45) is 5.52. The van der Waals surface area contributed by atoms with Gasteiger partial charge in [-0.1, -0.05) is 0 Å². The van der Waals surface area contributed by atoms with Crippen LogP contribution in [0.3, 0.4) is 0 Å². The fourth-order valence-corrected chi connectivity index (χ4v) is 2.56. The minimum Gasteiger partial charge on any atom is -0.340 e. The SMILES string of the molecule is CN(C(=O)c1cccn1C1CC1)C1CCNC1. The van der Waals surface area contributed by atoms with E-state index in [4.69, 9.17) is 0 Å². The van der Waals surface area contributed by atoms with Gasteiger partial charge in [-0.25, -0.2) is 0 Å². The van der Waals surface area contributed by atoms with Crippen molar-refractivity contribution in [3.05, 3.63) is 24.0 Å². The lowest BCUT2D eigenvalue weighted by molar-refractivity contribution is 0.0732. The van der Waals surface area contributed by atoms with Gasteiger partial charge in [-0.15, -0.1) is 0 Å². The molecule has 1 aliphatic heterocycles. The number of likely N-dealkylation sites (N-methyl/N-ethyl adjacent to an activating group) is 1. The van der Waals surface area contributed by atoms with Gasteiger partial charge in [-0.05, 0) is 37.9 Å². The maximum absolute atomic E-state index is 12.4. The normalized spacial score (nSPS) is 23.9. The minimum absolute atomic E-state index is 0.163. The second-order valence-electron chi connectivity index (χ2n) is 5.09. The maximum atomic E-state index is 12.4. The number of rotatable bonds is 3. The van der Waals surface area contributed by atoms with Crippen molar-refractivity contribution in [2.75, 3.05) is 20.1 Å². The van der Waals surface area contributed by atoms with Crippen LogP contribution in [-0.4, -0.2) is 41.6 Å². The molecule has 2 aliphatic rings. The van der Waals surface area contributed by atoms with E-state index >= 15 is 0 Å². The third-order valence-electron chi connectivity index (χ3n) is 3.84. The summed E-state index contributed by atoms with van der Waals surface area (Å²) < 4.78 is 2.14. The fourth-order valence-electron chi connectivity index (χ4n) is 2.56. The topological polar surface area (TPSA) is 37.3 Å². The molecule has 2 fully saturated rings. The van der Waals surface area contributed by atoms with Gasteiger partial charge < -0.3 is 14.8 Å². The fraction of sp³-hybridized carbons (Fsp3) is 0.615. The molecular weight excluding hydrogens is 214 g/mol. The van der Waals surface area contributed by atoms with Crippen molar-refractivity contribution >= 4 is 5.91 Å². The molecule has 2 heterocycles. The van der Waals surface area contributed by atoms with Crippen molar-refractivity contribution < 1.29 is 4.79 Å². The van der Waals surface area contributed by atoms with Gasteiger partial charge in [0.25, 0.3) is 5.91 Å². The molecule has 3 rings (SSSR count). The number of carbonyl (C=O) groups is 1. The van der Waals surface area contributed by atoms with E-state index in [2.05, 4.69) is 9.88 Å². The zero-order valence-electron chi connectivity index (χ0n) is 10.2. The first-order chi connectivity index (χ1) is 8.27. The Kier molecular flexibility index (Phi) is 2.67. The predicted molar refractivity (Wildman–Crippen MR) is 66.1 cm³/mol. The molecule has 1 aliphatic carbocycles. The van der Waals surface area contributed by atoms with Crippen LogP contribution in [0.25, 0.3) is 0 Å². The number of carbonyl (C=O) groups excluding carboxylic acids is 1. The van der Waals surface area contributed by atoms with E-state index in [0.717, 1.165) is 25.2 Å². The Labute approximate surface area is 102 Å². The average molecular weight is 233 g/mol. The minimum atomic E-state index is 0.163. The van der Waals surface area contributed by atoms with E-state index in [1.807, 2.05) is 30.3 Å². The van der Waals surface area contributed by atoms with Crippen LogP contribution in [0.1, 0.15) is 35.8 Å². The molecule has 92 valence electrons. The third kappa shape index (κ3) is 1.97. The lowest BCUT2D eigenvalue weighted by Gasteiger charge is -2.24. The first-order valence-electron chi connectivity index (χ1n) is 6.42. The lowest BCUT2D eigenvalue weighted by atomic mass is 10.2. The number of hydrogen-bond donors (Lipinski definition) is 1. The van der Waals surface area contributed by atoms with Crippen molar-refractivity contribution in [2.24, 2.45) is 0 Å². The highest BCUT2D eigenvalue weighted by atomic mass is 16.2. The quantitative estimate of drug-likeness (QED) is 0.853. The number of aromatic nitrogens is 1. The van der Waals surface area contributed by atoms with E-state index in [-0.39, 0.29) is 5.91 Å². The van der Waals surface area contributed by atoms with Crippen LogP contribution in [0.4, 0.5) is 0 Å². The molecule has 1 saturated carbocycles. The Morgan fingerprint density at radius 3 is 2.94 bits per heavy atom. The molecular formula is C13H19N3O. The molecule has 0 radical (unpaired) electrons. The summed E-state index contributed by atoms with van der Waals surface area (Å²) in [5.74, 6) is 0.163. The molecule has 1 aromatic heterocycles. The first kappa shape index (κ1) is 10.8. The summed E-state index contributed by atoms with van der Waals surface area (Å²) >= 11 is 0. The largest absolute Gasteiger partial charge is 0.340 e. The molecule has 4 heteroatoms. The summed E-state index contributed by atoms with van der Waals surface area (Å²) in [7, 11) is 1.92. The van der Waals surface area contributed by atoms with Crippen molar-refractivity contribution in [3.63, 3.8) is 0 Å². The molecule has 1 saturated heterocycles. The van der Waals surface area contributed by atoms with Gasteiger partial charge in [0.2, 0.25) is 0 Å². The van der Waals surface area contributed by atoms with Crippen LogP contribution in [0, 0.1) is 0 Å². The maximum Gasteiger partial charge on any atom is 0.270 e. The van der Waals surface area contributed by atoms with Gasteiger partial charge in [0.15, 0.2) is 0 Å². The van der Waals surface area contributed by atoms with Gasteiger partial charge in [-0.2, -0.15) is 0 Å². The Morgan fingerprint density at radius 2 is 2.29 bits per heavy atom. The van der Waals surface area contributed by atoms with Gasteiger partial charge in [0.05, 0.1) is 0 Å². The smallest absolute Gasteiger partial charge is 0.270 e. The van der Waals surface area contributed by atoms with Crippen molar-refractivity contribution in [3.8, 4) is 0 Å². The molecule has 1 N–H and O–H groups in total. The van der Waals surface area contributed by atoms with E-state index < -0.39 is 0 Å². The zero-order valence-corrected chi connectivity index (χ0v) is 10.2. The first-order valence-corrected chi connectivity index (χ1v) is 6.42. The Balaban J connectivity index is 1.77. The molecule has 1 atom stereocenters. The van der Waals surface area contributed by atoms with Crippen LogP contribution in [0.2, 0.25) is 0 Å². The number of nitrogens with zero attached hydrogens (tertiary/aromatic N) is 2. The van der Waals surface area contributed by atoms with E-state index in [9.17, 15) is 4.79 Å². The molecule has 0 aromatic carbocycles. The van der Waals surface area contributed by atoms with E-state index in [0.29, 0.717) is 12.1 Å². The van der Waals surface area contributed by atoms with Crippen LogP contribution < -0.4 is 5.32 Å². The number of amides is 1. The van der Waals surface area contributed by atoms with Crippen molar-refractivity contribution in [2.45, 2.75) is 31.3 Å². The molecule has 17 heavy (non-hydrogen) atoms. The Hall–Kier alpha value is -1.29. The highest BCUT2D eigenvalue weighted by Crippen LogP contribution is 2.36. The van der Waals surface area contributed by atoms with Crippen LogP contribution >= 0.6 is 0 Å². The monoisotopic (exact) mass is 233 g/mol. The second kappa shape index (κ2) is 4.18. The number of nitrogens with one attached hydrogen (secondary N) is 1. The summed E-state index contributed by atoms with van der Waals surface area (Å²) in [5.41, 5.74) is 0.849. The number of hydrogen-bond acceptors (Lipinski definition) is 2. The van der Waals surface area contributed by atoms with Gasteiger partial charge in [0.1, 0.15) is 5.69 Å². The van der Waals surface area contributed by atoms with Crippen molar-refractivity contribution in [1.29, 1.82) is 0 Å².